The van der Waals surface area contributed by atoms with Gasteiger partial charge in [0.05, 0.1) is 25.4 Å². The topological polar surface area (TPSA) is 117 Å². The molecule has 3 amide bonds. The lowest BCUT2D eigenvalue weighted by atomic mass is 10.0. The number of hydrogen-bond acceptors (Lipinski definition) is 6. The van der Waals surface area contributed by atoms with Gasteiger partial charge in [-0.2, -0.15) is 22.0 Å². The Labute approximate surface area is 230 Å². The molecule has 3 rings (SSSR count). The van der Waals surface area contributed by atoms with Crippen LogP contribution in [0.15, 0.2) is 48.5 Å². The second kappa shape index (κ2) is 12.3. The third kappa shape index (κ3) is 7.47. The van der Waals surface area contributed by atoms with Crippen molar-refractivity contribution in [2.45, 2.75) is 50.3 Å². The molecular weight excluding hydrogens is 564 g/mol. The number of carbonyl (C=O) groups is 3. The zero-order valence-electron chi connectivity index (χ0n) is 21.8. The van der Waals surface area contributed by atoms with Crippen molar-refractivity contribution in [2.24, 2.45) is 0 Å². The first kappa shape index (κ1) is 31.7. The van der Waals surface area contributed by atoms with Gasteiger partial charge in [0.2, 0.25) is 5.60 Å². The number of ether oxygens (including phenoxy) is 2. The number of benzene rings is 2. The SMILES string of the molecule is C[C@H]1Oc2ccc(F)cc2N(CCOCc2ccccc2)C(=O)[C@H]1NC(=O)C(C)(O)C(=O)NCC(F)(F)C(F)(F)F. The predicted molar refractivity (Wildman–Crippen MR) is 132 cm³/mol. The fraction of sp³-hybridized carbons (Fsp3) is 0.423. The van der Waals surface area contributed by atoms with Crippen LogP contribution < -0.4 is 20.3 Å². The number of amides is 3. The van der Waals surface area contributed by atoms with E-state index < -0.39 is 59.9 Å². The first-order valence-corrected chi connectivity index (χ1v) is 12.2. The lowest BCUT2D eigenvalue weighted by Crippen LogP contribution is -2.63. The molecule has 0 fully saturated rings. The summed E-state index contributed by atoms with van der Waals surface area (Å²) in [6, 6.07) is 10.8. The standard InChI is InChI=1S/C26H27F6N3O6/c1-15-20(34-23(38)24(2,39)22(37)33-14-25(28,29)26(30,31)32)21(36)35(18-12-17(27)8-9-19(18)41-15)10-11-40-13-16-6-4-3-5-7-16/h3-9,12,15,20,39H,10-11,13-14H2,1-2H3,(H,33,37)(H,34,38)/t15-,20+,24?/m1/s1. The van der Waals surface area contributed by atoms with Crippen molar-refractivity contribution in [3.8, 4) is 5.75 Å². The predicted octanol–water partition coefficient (Wildman–Crippen LogP) is 2.71. The van der Waals surface area contributed by atoms with Gasteiger partial charge in [0.15, 0.2) is 0 Å². The van der Waals surface area contributed by atoms with Crippen LogP contribution in [0.3, 0.4) is 0 Å². The number of alkyl halides is 5. The van der Waals surface area contributed by atoms with Crippen molar-refractivity contribution in [2.75, 3.05) is 24.6 Å². The second-order valence-corrected chi connectivity index (χ2v) is 9.37. The Bertz CT molecular complexity index is 1260. The number of nitrogens with zero attached hydrogens (tertiary/aromatic N) is 1. The highest BCUT2D eigenvalue weighted by Crippen LogP contribution is 2.35. The number of fused-ring (bicyclic) bond motifs is 1. The van der Waals surface area contributed by atoms with Crippen molar-refractivity contribution in [1.29, 1.82) is 0 Å². The minimum Gasteiger partial charge on any atom is -0.486 e. The summed E-state index contributed by atoms with van der Waals surface area (Å²) in [4.78, 5) is 39.6. The lowest BCUT2D eigenvalue weighted by molar-refractivity contribution is -0.278. The highest BCUT2D eigenvalue weighted by molar-refractivity contribution is 6.10. The molecule has 1 unspecified atom stereocenters. The van der Waals surface area contributed by atoms with E-state index in [2.05, 4.69) is 5.32 Å². The highest BCUT2D eigenvalue weighted by atomic mass is 19.4. The molecule has 0 spiro atoms. The maximum atomic E-state index is 14.1. The molecule has 2 aromatic rings. The molecule has 0 saturated carbocycles. The molecule has 9 nitrogen and oxygen atoms in total. The van der Waals surface area contributed by atoms with E-state index in [0.717, 1.165) is 22.6 Å². The largest absolute Gasteiger partial charge is 0.486 e. The third-order valence-electron chi connectivity index (χ3n) is 6.15. The Morgan fingerprint density at radius 1 is 1.07 bits per heavy atom. The van der Waals surface area contributed by atoms with Crippen LogP contribution in [0.4, 0.5) is 32.0 Å². The number of nitrogens with one attached hydrogen (secondary N) is 2. The molecule has 15 heteroatoms. The lowest BCUT2D eigenvalue weighted by Gasteiger charge is -2.29. The molecule has 41 heavy (non-hydrogen) atoms. The quantitative estimate of drug-likeness (QED) is 0.222. The van der Waals surface area contributed by atoms with Crippen molar-refractivity contribution < 1.29 is 55.3 Å². The monoisotopic (exact) mass is 591 g/mol. The van der Waals surface area contributed by atoms with E-state index in [0.29, 0.717) is 6.92 Å². The van der Waals surface area contributed by atoms with Crippen LogP contribution in [0.5, 0.6) is 5.75 Å². The molecule has 3 atom stereocenters. The summed E-state index contributed by atoms with van der Waals surface area (Å²) in [5.74, 6) is -10.3. The van der Waals surface area contributed by atoms with Gasteiger partial charge in [-0.1, -0.05) is 30.3 Å². The van der Waals surface area contributed by atoms with Gasteiger partial charge in [-0.05, 0) is 31.5 Å². The Hall–Kier alpha value is -3.85. The van der Waals surface area contributed by atoms with Crippen molar-refractivity contribution >= 4 is 23.4 Å². The Morgan fingerprint density at radius 3 is 2.37 bits per heavy atom. The fourth-order valence-corrected chi connectivity index (χ4v) is 3.74. The van der Waals surface area contributed by atoms with Crippen LogP contribution in [0.25, 0.3) is 0 Å². The van der Waals surface area contributed by atoms with Gasteiger partial charge in [-0.3, -0.25) is 14.4 Å². The maximum Gasteiger partial charge on any atom is 0.455 e. The van der Waals surface area contributed by atoms with E-state index in [-0.39, 0.29) is 31.2 Å². The first-order valence-electron chi connectivity index (χ1n) is 12.2. The third-order valence-corrected chi connectivity index (χ3v) is 6.15. The van der Waals surface area contributed by atoms with Crippen LogP contribution in [0.1, 0.15) is 19.4 Å². The summed E-state index contributed by atoms with van der Waals surface area (Å²) in [6.07, 6.45) is -7.16. The van der Waals surface area contributed by atoms with Gasteiger partial charge in [0.1, 0.15) is 23.7 Å². The number of rotatable bonds is 10. The molecule has 0 bridgehead atoms. The Morgan fingerprint density at radius 2 is 1.73 bits per heavy atom. The van der Waals surface area contributed by atoms with Crippen LogP contribution in [0, 0.1) is 5.82 Å². The molecular formula is C26H27F6N3O6. The van der Waals surface area contributed by atoms with E-state index in [1.165, 1.54) is 18.3 Å². The van der Waals surface area contributed by atoms with Gasteiger partial charge in [-0.25, -0.2) is 4.39 Å². The number of carbonyl (C=O) groups excluding carboxylic acids is 3. The molecule has 1 aliphatic heterocycles. The van der Waals surface area contributed by atoms with Crippen molar-refractivity contribution in [3.05, 3.63) is 59.9 Å². The summed E-state index contributed by atoms with van der Waals surface area (Å²) >= 11 is 0. The molecule has 0 aromatic heterocycles. The molecule has 224 valence electrons. The molecule has 1 aliphatic rings. The van der Waals surface area contributed by atoms with Crippen LogP contribution in [-0.2, 0) is 25.7 Å². The molecule has 1 heterocycles. The smallest absolute Gasteiger partial charge is 0.455 e. The zero-order valence-corrected chi connectivity index (χ0v) is 21.8. The molecule has 2 aromatic carbocycles. The van der Waals surface area contributed by atoms with Gasteiger partial charge in [0, 0.05) is 12.6 Å². The summed E-state index contributed by atoms with van der Waals surface area (Å²) in [7, 11) is 0. The minimum atomic E-state index is -5.99. The van der Waals surface area contributed by atoms with E-state index in [9.17, 15) is 45.8 Å². The Balaban J connectivity index is 1.76. The van der Waals surface area contributed by atoms with Gasteiger partial charge in [-0.15, -0.1) is 0 Å². The molecule has 0 radical (unpaired) electrons. The number of hydrogen-bond donors (Lipinski definition) is 3. The Kier molecular flexibility index (Phi) is 9.54. The number of anilines is 1. The summed E-state index contributed by atoms with van der Waals surface area (Å²) in [6.45, 7) is -0.331. The average molecular weight is 592 g/mol. The summed E-state index contributed by atoms with van der Waals surface area (Å²) < 4.78 is 89.1. The fourth-order valence-electron chi connectivity index (χ4n) is 3.74. The molecule has 0 aliphatic carbocycles. The van der Waals surface area contributed by atoms with Gasteiger partial charge < -0.3 is 30.1 Å². The van der Waals surface area contributed by atoms with Crippen molar-refractivity contribution in [3.63, 3.8) is 0 Å². The van der Waals surface area contributed by atoms with Gasteiger partial charge in [0.25, 0.3) is 17.7 Å². The average Bonchev–Trinajstić information content (AvgIpc) is 2.99. The minimum absolute atomic E-state index is 0.000737. The highest BCUT2D eigenvalue weighted by Gasteiger charge is 2.58. The van der Waals surface area contributed by atoms with Crippen molar-refractivity contribution in [1.82, 2.24) is 10.6 Å². The second-order valence-electron chi connectivity index (χ2n) is 9.37. The van der Waals surface area contributed by atoms with E-state index in [1.54, 1.807) is 12.1 Å². The number of halogens is 6. The molecule has 3 N–H and O–H groups in total. The number of aliphatic hydroxyl groups is 1. The maximum absolute atomic E-state index is 14.1. The molecule has 0 saturated heterocycles. The normalized spacial score (nSPS) is 19.0. The van der Waals surface area contributed by atoms with E-state index in [1.807, 2.05) is 18.2 Å². The van der Waals surface area contributed by atoms with Gasteiger partial charge >= 0.3 is 12.1 Å². The zero-order chi connectivity index (χ0) is 30.6. The van der Waals surface area contributed by atoms with E-state index in [4.69, 9.17) is 9.47 Å². The summed E-state index contributed by atoms with van der Waals surface area (Å²) in [5, 5.41) is 13.7. The van der Waals surface area contributed by atoms with Crippen LogP contribution in [0.2, 0.25) is 0 Å². The van der Waals surface area contributed by atoms with Crippen LogP contribution >= 0.6 is 0 Å². The summed E-state index contributed by atoms with van der Waals surface area (Å²) in [5.41, 5.74) is -2.33. The van der Waals surface area contributed by atoms with E-state index >= 15 is 0 Å². The van der Waals surface area contributed by atoms with Crippen LogP contribution in [-0.4, -0.2) is 72.4 Å². The first-order chi connectivity index (χ1) is 19.0.